The average Bonchev–Trinajstić information content (AvgIpc) is 3.22. The first-order valence-electron chi connectivity index (χ1n) is 11.8. The van der Waals surface area contributed by atoms with Crippen LogP contribution in [-0.2, 0) is 24.2 Å². The number of allylic oxidation sites excluding steroid dienone is 1. The van der Waals surface area contributed by atoms with Crippen LogP contribution in [0.5, 0.6) is 11.5 Å². The van der Waals surface area contributed by atoms with Gasteiger partial charge < -0.3 is 20.1 Å². The Kier molecular flexibility index (Phi) is 9.09. The summed E-state index contributed by atoms with van der Waals surface area (Å²) in [6, 6.07) is 17.3. The lowest BCUT2D eigenvalue weighted by Crippen LogP contribution is -2.30. The molecule has 1 saturated heterocycles. The zero-order chi connectivity index (χ0) is 26.4. The lowest BCUT2D eigenvalue weighted by Gasteiger charge is -2.16. The van der Waals surface area contributed by atoms with E-state index in [9.17, 15) is 4.79 Å². The summed E-state index contributed by atoms with van der Waals surface area (Å²) in [5.41, 5.74) is 4.49. The van der Waals surface area contributed by atoms with Crippen LogP contribution in [0.25, 0.3) is 6.08 Å². The number of hydrogen-bond acceptors (Lipinski definition) is 5. The summed E-state index contributed by atoms with van der Waals surface area (Å²) in [5, 5.41) is 7.44. The summed E-state index contributed by atoms with van der Waals surface area (Å²) < 4.78 is 11.8. The van der Waals surface area contributed by atoms with E-state index in [-0.39, 0.29) is 18.0 Å². The molecule has 1 aliphatic rings. The monoisotopic (exact) mass is 554 g/mol. The molecule has 1 atom stereocenters. The normalized spacial score (nSPS) is 15.9. The van der Waals surface area contributed by atoms with Crippen LogP contribution in [0.2, 0.25) is 10.0 Å². The van der Waals surface area contributed by atoms with Crippen LogP contribution in [-0.4, -0.2) is 18.5 Å². The number of rotatable bonds is 10. The van der Waals surface area contributed by atoms with E-state index in [1.807, 2.05) is 36.4 Å². The van der Waals surface area contributed by atoms with Crippen molar-refractivity contribution >= 4 is 52.6 Å². The van der Waals surface area contributed by atoms with Gasteiger partial charge in [-0.15, -0.1) is 6.58 Å². The van der Waals surface area contributed by atoms with Crippen molar-refractivity contribution in [1.82, 2.24) is 5.32 Å². The Morgan fingerprint density at radius 3 is 2.57 bits per heavy atom. The number of methoxy groups -OCH3 is 1. The smallest absolute Gasteiger partial charge is 0.260 e. The van der Waals surface area contributed by atoms with Gasteiger partial charge in [-0.25, -0.2) is 0 Å². The largest absolute Gasteiger partial charge is 0.493 e. The summed E-state index contributed by atoms with van der Waals surface area (Å²) >= 11 is 13.8. The van der Waals surface area contributed by atoms with E-state index in [4.69, 9.17) is 32.7 Å². The first-order chi connectivity index (χ1) is 17.9. The van der Waals surface area contributed by atoms with Crippen LogP contribution in [0.3, 0.4) is 0 Å². The van der Waals surface area contributed by atoms with Gasteiger partial charge in [-0.2, -0.15) is 0 Å². The first kappa shape index (κ1) is 27.0. The molecule has 1 fully saturated rings. The van der Waals surface area contributed by atoms with E-state index in [1.165, 1.54) is 17.3 Å². The maximum Gasteiger partial charge on any atom is 0.260 e. The molecule has 2 N–H and O–H groups in total. The minimum atomic E-state index is -0.257. The molecular formula is C29H28Cl2N2O3S. The van der Waals surface area contributed by atoms with Crippen molar-refractivity contribution < 1.29 is 14.3 Å². The highest BCUT2D eigenvalue weighted by Gasteiger charge is 2.27. The fourth-order valence-corrected chi connectivity index (χ4v) is 5.33. The summed E-state index contributed by atoms with van der Waals surface area (Å²) in [7, 11) is 1.59. The molecule has 3 aromatic rings. The molecule has 4 rings (SSSR count). The lowest BCUT2D eigenvalue weighted by molar-refractivity contribution is -0.116. The Morgan fingerprint density at radius 2 is 1.89 bits per heavy atom. The molecule has 1 aliphatic heterocycles. The van der Waals surface area contributed by atoms with Gasteiger partial charge in [0.05, 0.1) is 12.0 Å². The second-order valence-corrected chi connectivity index (χ2v) is 10.4. The van der Waals surface area contributed by atoms with Crippen LogP contribution >= 0.6 is 35.0 Å². The number of ether oxygens (including phenoxy) is 2. The van der Waals surface area contributed by atoms with Crippen molar-refractivity contribution in [3.8, 4) is 11.5 Å². The molecule has 5 nitrogen and oxygen atoms in total. The number of thioether (sulfide) groups is 1. The molecule has 0 spiro atoms. The number of halogens is 2. The SMILES string of the molecule is C=CCc1cc(/C=C2\S[C@@H](Nc3ccc(CC)cc3)NC2=O)cc(OC)c1OCc1ccc(Cl)cc1Cl. The van der Waals surface area contributed by atoms with E-state index in [0.717, 1.165) is 28.8 Å². The van der Waals surface area contributed by atoms with E-state index < -0.39 is 0 Å². The number of benzene rings is 3. The van der Waals surface area contributed by atoms with Gasteiger partial charge in [0, 0.05) is 26.9 Å². The molecule has 0 bridgehead atoms. The molecule has 8 heteroatoms. The minimum Gasteiger partial charge on any atom is -0.493 e. The highest BCUT2D eigenvalue weighted by Crippen LogP contribution is 2.37. The van der Waals surface area contributed by atoms with E-state index in [1.54, 1.807) is 25.3 Å². The third-order valence-electron chi connectivity index (χ3n) is 5.81. The fourth-order valence-electron chi connectivity index (χ4n) is 3.88. The second kappa shape index (κ2) is 12.5. The quantitative estimate of drug-likeness (QED) is 0.201. The molecule has 1 heterocycles. The topological polar surface area (TPSA) is 59.6 Å². The van der Waals surface area contributed by atoms with Crippen LogP contribution < -0.4 is 20.1 Å². The van der Waals surface area contributed by atoms with Gasteiger partial charge in [0.2, 0.25) is 0 Å². The standard InChI is InChI=1S/C29H28Cl2N2O3S/c1-4-6-20-13-19(14-25(35-3)27(20)36-17-21-9-10-22(30)16-24(21)31)15-26-28(34)33-29(37-26)32-23-11-7-18(5-2)8-12-23/h4,7-16,29,32H,1,5-6,17H2,2-3H3,(H,33,34)/b26-15-/t29-/m0/s1. The van der Waals surface area contributed by atoms with Crippen LogP contribution in [0, 0.1) is 0 Å². The highest BCUT2D eigenvalue weighted by molar-refractivity contribution is 8.05. The van der Waals surface area contributed by atoms with Crippen molar-refractivity contribution in [2.75, 3.05) is 12.4 Å². The van der Waals surface area contributed by atoms with Gasteiger partial charge in [0.15, 0.2) is 17.0 Å². The number of amides is 1. The maximum absolute atomic E-state index is 12.7. The molecule has 0 aromatic heterocycles. The van der Waals surface area contributed by atoms with Gasteiger partial charge in [0.1, 0.15) is 6.61 Å². The molecule has 37 heavy (non-hydrogen) atoms. The molecule has 192 valence electrons. The Balaban J connectivity index is 1.54. The van der Waals surface area contributed by atoms with Crippen molar-refractivity contribution in [3.63, 3.8) is 0 Å². The second-order valence-electron chi connectivity index (χ2n) is 8.40. The van der Waals surface area contributed by atoms with Crippen LogP contribution in [0.15, 0.2) is 72.2 Å². The van der Waals surface area contributed by atoms with Gasteiger partial charge in [-0.3, -0.25) is 4.79 Å². The summed E-state index contributed by atoms with van der Waals surface area (Å²) in [5.74, 6) is 1.04. The third-order valence-corrected chi connectivity index (χ3v) is 7.43. The number of nitrogens with one attached hydrogen (secondary N) is 2. The Morgan fingerprint density at radius 1 is 1.11 bits per heavy atom. The Labute approximate surface area is 231 Å². The summed E-state index contributed by atoms with van der Waals surface area (Å²) in [6.45, 7) is 6.25. The molecule has 1 amide bonds. The number of anilines is 1. The fraction of sp³-hybridized carbons (Fsp3) is 0.207. The maximum atomic E-state index is 12.7. The van der Waals surface area contributed by atoms with Crippen molar-refractivity contribution in [2.24, 2.45) is 0 Å². The predicted octanol–water partition coefficient (Wildman–Crippen LogP) is 7.47. The number of aryl methyl sites for hydroxylation is 1. The predicted molar refractivity (Wildman–Crippen MR) is 155 cm³/mol. The molecule has 0 radical (unpaired) electrons. The number of carbonyl (C=O) groups excluding carboxylic acids is 1. The zero-order valence-corrected chi connectivity index (χ0v) is 23.0. The molecule has 0 unspecified atom stereocenters. The zero-order valence-electron chi connectivity index (χ0n) is 20.6. The first-order valence-corrected chi connectivity index (χ1v) is 13.5. The van der Waals surface area contributed by atoms with Crippen molar-refractivity contribution in [2.45, 2.75) is 31.9 Å². The molecular weight excluding hydrogens is 527 g/mol. The molecule has 0 saturated carbocycles. The van der Waals surface area contributed by atoms with Gasteiger partial charge in [-0.05, 0) is 66.4 Å². The Hall–Kier alpha value is -3.06. The average molecular weight is 556 g/mol. The Bertz CT molecular complexity index is 1330. The van der Waals surface area contributed by atoms with Gasteiger partial charge in [0.25, 0.3) is 5.91 Å². The third kappa shape index (κ3) is 6.83. The van der Waals surface area contributed by atoms with Crippen molar-refractivity contribution in [1.29, 1.82) is 0 Å². The summed E-state index contributed by atoms with van der Waals surface area (Å²) in [4.78, 5) is 13.3. The number of carbonyl (C=O) groups is 1. The van der Waals surface area contributed by atoms with E-state index >= 15 is 0 Å². The minimum absolute atomic E-state index is 0.130. The van der Waals surface area contributed by atoms with Crippen molar-refractivity contribution in [3.05, 3.63) is 104 Å². The molecule has 0 aliphatic carbocycles. The van der Waals surface area contributed by atoms with E-state index in [0.29, 0.717) is 32.9 Å². The summed E-state index contributed by atoms with van der Waals surface area (Å²) in [6.07, 6.45) is 5.21. The lowest BCUT2D eigenvalue weighted by atomic mass is 10.0. The van der Waals surface area contributed by atoms with Crippen LogP contribution in [0.1, 0.15) is 29.2 Å². The van der Waals surface area contributed by atoms with Gasteiger partial charge >= 0.3 is 0 Å². The highest BCUT2D eigenvalue weighted by atomic mass is 35.5. The molecule has 3 aromatic carbocycles. The van der Waals surface area contributed by atoms with E-state index in [2.05, 4.69) is 36.3 Å². The van der Waals surface area contributed by atoms with Crippen LogP contribution in [0.4, 0.5) is 5.69 Å². The van der Waals surface area contributed by atoms with Gasteiger partial charge in [-0.1, -0.05) is 66.2 Å². The number of hydrogen-bond donors (Lipinski definition) is 2.